The molecule has 4 rings (SSSR count). The maximum atomic E-state index is 13.3. The van der Waals surface area contributed by atoms with Gasteiger partial charge in [0, 0.05) is 45.1 Å². The molecule has 0 saturated carbocycles. The van der Waals surface area contributed by atoms with E-state index in [4.69, 9.17) is 23.2 Å². The second-order valence-electron chi connectivity index (χ2n) is 8.08. The van der Waals surface area contributed by atoms with E-state index in [1.165, 1.54) is 5.56 Å². The highest BCUT2D eigenvalue weighted by Gasteiger charge is 2.30. The summed E-state index contributed by atoms with van der Waals surface area (Å²) >= 11 is 12.0. The molecule has 1 unspecified atom stereocenters. The Morgan fingerprint density at radius 1 is 1.00 bits per heavy atom. The summed E-state index contributed by atoms with van der Waals surface area (Å²) in [6, 6.07) is 20.0. The normalized spacial score (nSPS) is 15.3. The summed E-state index contributed by atoms with van der Waals surface area (Å²) in [5.74, 6) is -0.380. The molecule has 0 saturated heterocycles. The van der Waals surface area contributed by atoms with Gasteiger partial charge in [0.1, 0.15) is 0 Å². The number of nitrogens with one attached hydrogen (secondary N) is 1. The third-order valence-corrected chi connectivity index (χ3v) is 6.44. The average Bonchev–Trinajstić information content (AvgIpc) is 2.82. The predicted octanol–water partition coefficient (Wildman–Crippen LogP) is 6.29. The van der Waals surface area contributed by atoms with E-state index in [-0.39, 0.29) is 11.8 Å². The van der Waals surface area contributed by atoms with Gasteiger partial charge in [-0.05, 0) is 74.1 Å². The molecule has 0 aliphatic carbocycles. The molecule has 2 amide bonds. The van der Waals surface area contributed by atoms with Gasteiger partial charge in [-0.15, -0.1) is 0 Å². The molecule has 170 valence electrons. The maximum Gasteiger partial charge on any atom is 0.258 e. The zero-order valence-corrected chi connectivity index (χ0v) is 20.0. The van der Waals surface area contributed by atoms with Gasteiger partial charge in [0.15, 0.2) is 0 Å². The Morgan fingerprint density at radius 2 is 1.67 bits per heavy atom. The molecule has 1 N–H and O–H groups in total. The third-order valence-electron chi connectivity index (χ3n) is 6.00. The van der Waals surface area contributed by atoms with Crippen molar-refractivity contribution in [3.63, 3.8) is 0 Å². The lowest BCUT2D eigenvalue weighted by atomic mass is 9.94. The Balaban J connectivity index is 1.51. The van der Waals surface area contributed by atoms with E-state index in [1.807, 2.05) is 23.1 Å². The van der Waals surface area contributed by atoms with Crippen molar-refractivity contribution in [2.75, 3.05) is 30.4 Å². The highest BCUT2D eigenvalue weighted by molar-refractivity contribution is 6.35. The SMILES string of the molecule is CCN(C)C1CCN(C(=O)c2ccc(NC(=O)c3cc(Cl)cc(Cl)c3)cc2)c2ccccc21. The van der Waals surface area contributed by atoms with E-state index in [0.29, 0.717) is 39.4 Å². The van der Waals surface area contributed by atoms with Crippen molar-refractivity contribution in [2.24, 2.45) is 0 Å². The number of rotatable bonds is 5. The summed E-state index contributed by atoms with van der Waals surface area (Å²) < 4.78 is 0. The molecule has 0 fully saturated rings. The van der Waals surface area contributed by atoms with Crippen molar-refractivity contribution in [1.82, 2.24) is 4.90 Å². The predicted molar refractivity (Wildman–Crippen MR) is 135 cm³/mol. The molecule has 5 nitrogen and oxygen atoms in total. The van der Waals surface area contributed by atoms with Crippen LogP contribution in [-0.2, 0) is 0 Å². The molecule has 3 aromatic rings. The van der Waals surface area contributed by atoms with Crippen LogP contribution in [0.4, 0.5) is 11.4 Å². The van der Waals surface area contributed by atoms with E-state index in [9.17, 15) is 9.59 Å². The molecule has 1 aliphatic rings. The number of benzene rings is 3. The summed E-state index contributed by atoms with van der Waals surface area (Å²) in [4.78, 5) is 30.0. The van der Waals surface area contributed by atoms with Crippen LogP contribution >= 0.6 is 23.2 Å². The van der Waals surface area contributed by atoms with Crippen molar-refractivity contribution in [2.45, 2.75) is 19.4 Å². The Labute approximate surface area is 203 Å². The minimum absolute atomic E-state index is 0.0560. The first kappa shape index (κ1) is 23.3. The number of fused-ring (bicyclic) bond motifs is 1. The number of carbonyl (C=O) groups excluding carboxylic acids is 2. The number of amides is 2. The number of halogens is 2. The molecule has 1 aliphatic heterocycles. The van der Waals surface area contributed by atoms with Gasteiger partial charge in [-0.3, -0.25) is 14.5 Å². The van der Waals surface area contributed by atoms with Crippen LogP contribution in [0.5, 0.6) is 0 Å². The Morgan fingerprint density at radius 3 is 2.33 bits per heavy atom. The summed E-state index contributed by atoms with van der Waals surface area (Å²) in [6.45, 7) is 3.74. The number of hydrogen-bond donors (Lipinski definition) is 1. The highest BCUT2D eigenvalue weighted by Crippen LogP contribution is 2.37. The van der Waals surface area contributed by atoms with Crippen LogP contribution in [0.25, 0.3) is 0 Å². The number of nitrogens with zero attached hydrogens (tertiary/aromatic N) is 2. The Kier molecular flexibility index (Phi) is 7.03. The third kappa shape index (κ3) is 5.06. The fourth-order valence-electron chi connectivity index (χ4n) is 4.17. The van der Waals surface area contributed by atoms with Crippen molar-refractivity contribution < 1.29 is 9.59 Å². The fraction of sp³-hybridized carbons (Fsp3) is 0.231. The van der Waals surface area contributed by atoms with Gasteiger partial charge in [-0.25, -0.2) is 0 Å². The Bertz CT molecular complexity index is 1160. The highest BCUT2D eigenvalue weighted by atomic mass is 35.5. The molecule has 1 heterocycles. The summed E-state index contributed by atoms with van der Waals surface area (Å²) in [5.41, 5.74) is 3.64. The number of carbonyl (C=O) groups is 2. The van der Waals surface area contributed by atoms with Gasteiger partial charge in [0.25, 0.3) is 11.8 Å². The lowest BCUT2D eigenvalue weighted by molar-refractivity contribution is 0.0978. The van der Waals surface area contributed by atoms with Gasteiger partial charge < -0.3 is 10.2 Å². The molecule has 0 bridgehead atoms. The minimum Gasteiger partial charge on any atom is -0.322 e. The molecular weight excluding hydrogens is 457 g/mol. The van der Waals surface area contributed by atoms with Gasteiger partial charge in [0.2, 0.25) is 0 Å². The summed E-state index contributed by atoms with van der Waals surface area (Å²) in [6.07, 6.45) is 0.878. The van der Waals surface area contributed by atoms with Crippen LogP contribution in [0.15, 0.2) is 66.7 Å². The smallest absolute Gasteiger partial charge is 0.258 e. The van der Waals surface area contributed by atoms with Gasteiger partial charge in [-0.1, -0.05) is 48.3 Å². The van der Waals surface area contributed by atoms with Crippen molar-refractivity contribution in [1.29, 1.82) is 0 Å². The minimum atomic E-state index is -0.325. The zero-order valence-electron chi connectivity index (χ0n) is 18.5. The lowest BCUT2D eigenvalue weighted by Crippen LogP contribution is -2.40. The Hall–Kier alpha value is -2.86. The van der Waals surface area contributed by atoms with E-state index in [1.54, 1.807) is 42.5 Å². The number of anilines is 2. The van der Waals surface area contributed by atoms with E-state index in [2.05, 4.69) is 30.3 Å². The van der Waals surface area contributed by atoms with Crippen LogP contribution < -0.4 is 10.2 Å². The first-order valence-corrected chi connectivity index (χ1v) is 11.6. The molecule has 7 heteroatoms. The molecule has 33 heavy (non-hydrogen) atoms. The van der Waals surface area contributed by atoms with Crippen LogP contribution in [0.2, 0.25) is 10.0 Å². The van der Waals surface area contributed by atoms with Crippen LogP contribution in [-0.4, -0.2) is 36.9 Å². The monoisotopic (exact) mass is 481 g/mol. The molecule has 3 aromatic carbocycles. The van der Waals surface area contributed by atoms with E-state index >= 15 is 0 Å². The van der Waals surface area contributed by atoms with Crippen LogP contribution in [0, 0.1) is 0 Å². The summed E-state index contributed by atoms with van der Waals surface area (Å²) in [7, 11) is 2.11. The lowest BCUT2D eigenvalue weighted by Gasteiger charge is -2.38. The first-order valence-electron chi connectivity index (χ1n) is 10.9. The topological polar surface area (TPSA) is 52.6 Å². The average molecular weight is 482 g/mol. The quantitative estimate of drug-likeness (QED) is 0.465. The van der Waals surface area contributed by atoms with Crippen molar-refractivity contribution >= 4 is 46.4 Å². The molecule has 0 spiro atoms. The second kappa shape index (κ2) is 9.96. The summed E-state index contributed by atoms with van der Waals surface area (Å²) in [5, 5.41) is 3.59. The van der Waals surface area contributed by atoms with Crippen molar-refractivity contribution in [3.05, 3.63) is 93.5 Å². The second-order valence-corrected chi connectivity index (χ2v) is 8.96. The molecule has 1 atom stereocenters. The number of para-hydroxylation sites is 1. The van der Waals surface area contributed by atoms with Gasteiger partial charge in [-0.2, -0.15) is 0 Å². The van der Waals surface area contributed by atoms with Crippen LogP contribution in [0.1, 0.15) is 45.7 Å². The van der Waals surface area contributed by atoms with Crippen molar-refractivity contribution in [3.8, 4) is 0 Å². The largest absolute Gasteiger partial charge is 0.322 e. The zero-order chi connectivity index (χ0) is 23.5. The standard InChI is InChI=1S/C26H25Cl2N3O2/c1-3-30(2)23-12-13-31(24-7-5-4-6-22(23)24)26(33)17-8-10-21(11-9-17)29-25(32)18-14-19(27)16-20(28)15-18/h4-11,14-16,23H,3,12-13H2,1-2H3,(H,29,32). The first-order chi connectivity index (χ1) is 15.9. The molecule has 0 radical (unpaired) electrons. The maximum absolute atomic E-state index is 13.3. The van der Waals surface area contributed by atoms with E-state index < -0.39 is 0 Å². The molecular formula is C26H25Cl2N3O2. The number of hydrogen-bond acceptors (Lipinski definition) is 3. The fourth-order valence-corrected chi connectivity index (χ4v) is 4.70. The molecule has 0 aromatic heterocycles. The van der Waals surface area contributed by atoms with Gasteiger partial charge in [0.05, 0.1) is 0 Å². The van der Waals surface area contributed by atoms with Crippen LogP contribution in [0.3, 0.4) is 0 Å². The van der Waals surface area contributed by atoms with Gasteiger partial charge >= 0.3 is 0 Å². The van der Waals surface area contributed by atoms with E-state index in [0.717, 1.165) is 18.7 Å².